The number of nitrogens with two attached hydrogens (primary N) is 1. The molecule has 0 atom stereocenters. The summed E-state index contributed by atoms with van der Waals surface area (Å²) < 4.78 is 6.68. The van der Waals surface area contributed by atoms with Crippen LogP contribution in [0.3, 0.4) is 0 Å². The third kappa shape index (κ3) is 3.78. The van der Waals surface area contributed by atoms with Gasteiger partial charge in [-0.25, -0.2) is 4.98 Å². The van der Waals surface area contributed by atoms with Gasteiger partial charge in [0.1, 0.15) is 5.75 Å². The van der Waals surface area contributed by atoms with Crippen molar-refractivity contribution < 1.29 is 4.74 Å². The number of rotatable bonds is 5. The van der Waals surface area contributed by atoms with Crippen molar-refractivity contribution in [3.63, 3.8) is 0 Å². The molecule has 0 amide bonds. The SMILES string of the molecule is CCCc1ccc(Oc2ncc(Br)cc2CN)cc1. The van der Waals surface area contributed by atoms with Crippen LogP contribution in [0.25, 0.3) is 0 Å². The molecule has 3 nitrogen and oxygen atoms in total. The van der Waals surface area contributed by atoms with Gasteiger partial charge in [-0.1, -0.05) is 25.5 Å². The highest BCUT2D eigenvalue weighted by molar-refractivity contribution is 9.10. The molecule has 0 unspecified atom stereocenters. The van der Waals surface area contributed by atoms with Crippen molar-refractivity contribution in [2.24, 2.45) is 5.73 Å². The van der Waals surface area contributed by atoms with Crippen molar-refractivity contribution in [2.45, 2.75) is 26.3 Å². The summed E-state index contributed by atoms with van der Waals surface area (Å²) in [5.74, 6) is 1.35. The molecule has 1 aromatic carbocycles. The first-order valence-electron chi connectivity index (χ1n) is 6.34. The summed E-state index contributed by atoms with van der Waals surface area (Å²) in [6.45, 7) is 2.57. The van der Waals surface area contributed by atoms with Crippen LogP contribution in [0.5, 0.6) is 11.6 Å². The third-order valence-corrected chi connectivity index (χ3v) is 3.22. The van der Waals surface area contributed by atoms with Crippen LogP contribution in [-0.2, 0) is 13.0 Å². The van der Waals surface area contributed by atoms with E-state index in [2.05, 4.69) is 40.0 Å². The van der Waals surface area contributed by atoms with Crippen LogP contribution in [0.15, 0.2) is 41.0 Å². The van der Waals surface area contributed by atoms with Gasteiger partial charge in [0.2, 0.25) is 5.88 Å². The summed E-state index contributed by atoms with van der Waals surface area (Å²) in [6.07, 6.45) is 3.94. The van der Waals surface area contributed by atoms with Crippen LogP contribution in [0.4, 0.5) is 0 Å². The molecule has 1 heterocycles. The lowest BCUT2D eigenvalue weighted by molar-refractivity contribution is 0.456. The van der Waals surface area contributed by atoms with E-state index in [0.717, 1.165) is 28.6 Å². The van der Waals surface area contributed by atoms with Crippen LogP contribution in [0.2, 0.25) is 0 Å². The van der Waals surface area contributed by atoms with E-state index in [1.807, 2.05) is 18.2 Å². The number of ether oxygens (including phenoxy) is 1. The van der Waals surface area contributed by atoms with Gasteiger partial charge in [-0.15, -0.1) is 0 Å². The average Bonchev–Trinajstić information content (AvgIpc) is 2.43. The highest BCUT2D eigenvalue weighted by Crippen LogP contribution is 2.25. The van der Waals surface area contributed by atoms with Gasteiger partial charge in [0.25, 0.3) is 0 Å². The van der Waals surface area contributed by atoms with Gasteiger partial charge < -0.3 is 10.5 Å². The highest BCUT2D eigenvalue weighted by Gasteiger charge is 2.06. The number of pyridine rings is 1. The predicted molar refractivity (Wildman–Crippen MR) is 80.3 cm³/mol. The number of hydrogen-bond acceptors (Lipinski definition) is 3. The standard InChI is InChI=1S/C15H17BrN2O/c1-2-3-11-4-6-14(7-5-11)19-15-12(9-17)8-13(16)10-18-15/h4-8,10H,2-3,9,17H2,1H3. The summed E-state index contributed by atoms with van der Waals surface area (Å²) in [7, 11) is 0. The maximum atomic E-state index is 5.78. The quantitative estimate of drug-likeness (QED) is 0.904. The van der Waals surface area contributed by atoms with E-state index < -0.39 is 0 Å². The Kier molecular flexibility index (Phi) is 4.93. The molecular weight excluding hydrogens is 304 g/mol. The fourth-order valence-electron chi connectivity index (χ4n) is 1.83. The van der Waals surface area contributed by atoms with Gasteiger partial charge in [-0.2, -0.15) is 0 Å². The zero-order chi connectivity index (χ0) is 13.7. The minimum absolute atomic E-state index is 0.399. The zero-order valence-electron chi connectivity index (χ0n) is 10.9. The first kappa shape index (κ1) is 14.0. The number of halogens is 1. The zero-order valence-corrected chi connectivity index (χ0v) is 12.5. The number of aromatic nitrogens is 1. The van der Waals surface area contributed by atoms with Crippen LogP contribution >= 0.6 is 15.9 Å². The van der Waals surface area contributed by atoms with E-state index in [9.17, 15) is 0 Å². The molecule has 4 heteroatoms. The van der Waals surface area contributed by atoms with E-state index in [-0.39, 0.29) is 0 Å². The molecule has 0 radical (unpaired) electrons. The Balaban J connectivity index is 2.16. The monoisotopic (exact) mass is 320 g/mol. The number of aryl methyl sites for hydroxylation is 1. The molecule has 0 saturated heterocycles. The summed E-state index contributed by atoms with van der Waals surface area (Å²) in [6, 6.07) is 10.0. The van der Waals surface area contributed by atoms with Crippen LogP contribution < -0.4 is 10.5 Å². The van der Waals surface area contributed by atoms with Crippen molar-refractivity contribution in [1.82, 2.24) is 4.98 Å². The molecule has 0 bridgehead atoms. The summed E-state index contributed by atoms with van der Waals surface area (Å²) in [5.41, 5.74) is 7.89. The van der Waals surface area contributed by atoms with E-state index in [0.29, 0.717) is 12.4 Å². The summed E-state index contributed by atoms with van der Waals surface area (Å²) >= 11 is 3.38. The molecule has 2 rings (SSSR count). The molecule has 0 aliphatic rings. The lowest BCUT2D eigenvalue weighted by atomic mass is 10.1. The topological polar surface area (TPSA) is 48.1 Å². The normalized spacial score (nSPS) is 10.5. The number of benzene rings is 1. The minimum Gasteiger partial charge on any atom is -0.439 e. The van der Waals surface area contributed by atoms with Crippen molar-refractivity contribution in [2.75, 3.05) is 0 Å². The van der Waals surface area contributed by atoms with Crippen molar-refractivity contribution >= 4 is 15.9 Å². The Bertz CT molecular complexity index is 540. The third-order valence-electron chi connectivity index (χ3n) is 2.79. The van der Waals surface area contributed by atoms with E-state index in [1.54, 1.807) is 6.20 Å². The van der Waals surface area contributed by atoms with Gasteiger partial charge in [0.15, 0.2) is 0 Å². The first-order chi connectivity index (χ1) is 9.22. The second kappa shape index (κ2) is 6.68. The van der Waals surface area contributed by atoms with Crippen molar-refractivity contribution in [3.8, 4) is 11.6 Å². The molecule has 100 valence electrons. The molecule has 0 fully saturated rings. The average molecular weight is 321 g/mol. The maximum absolute atomic E-state index is 5.78. The molecule has 2 aromatic rings. The van der Waals surface area contributed by atoms with Gasteiger partial charge in [-0.3, -0.25) is 0 Å². The van der Waals surface area contributed by atoms with Gasteiger partial charge >= 0.3 is 0 Å². The minimum atomic E-state index is 0.399. The molecule has 0 aliphatic carbocycles. The van der Waals surface area contributed by atoms with Crippen molar-refractivity contribution in [3.05, 3.63) is 52.1 Å². The fraction of sp³-hybridized carbons (Fsp3) is 0.267. The molecule has 0 aliphatic heterocycles. The Morgan fingerprint density at radius 3 is 2.63 bits per heavy atom. The molecule has 2 N–H and O–H groups in total. The van der Waals surface area contributed by atoms with Crippen molar-refractivity contribution in [1.29, 1.82) is 0 Å². The van der Waals surface area contributed by atoms with Crippen LogP contribution in [-0.4, -0.2) is 4.98 Å². The van der Waals surface area contributed by atoms with Crippen LogP contribution in [0, 0.1) is 0 Å². The highest BCUT2D eigenvalue weighted by atomic mass is 79.9. The first-order valence-corrected chi connectivity index (χ1v) is 7.13. The van der Waals surface area contributed by atoms with Gasteiger partial charge in [0.05, 0.1) is 0 Å². The Morgan fingerprint density at radius 1 is 1.26 bits per heavy atom. The molecule has 1 aromatic heterocycles. The fourth-order valence-corrected chi connectivity index (χ4v) is 2.21. The predicted octanol–water partition coefficient (Wildman–Crippen LogP) is 4.05. The second-order valence-electron chi connectivity index (χ2n) is 4.32. The molecular formula is C15H17BrN2O. The molecule has 19 heavy (non-hydrogen) atoms. The Hall–Kier alpha value is -1.39. The van der Waals surface area contributed by atoms with Gasteiger partial charge in [0, 0.05) is 22.8 Å². The Morgan fingerprint density at radius 2 is 2.00 bits per heavy atom. The number of nitrogens with zero attached hydrogens (tertiary/aromatic N) is 1. The largest absolute Gasteiger partial charge is 0.439 e. The smallest absolute Gasteiger partial charge is 0.223 e. The lowest BCUT2D eigenvalue weighted by Gasteiger charge is -2.09. The van der Waals surface area contributed by atoms with Gasteiger partial charge in [-0.05, 0) is 46.1 Å². The van der Waals surface area contributed by atoms with E-state index in [1.165, 1.54) is 5.56 Å². The summed E-state index contributed by atoms with van der Waals surface area (Å²) in [4.78, 5) is 4.25. The lowest BCUT2D eigenvalue weighted by Crippen LogP contribution is -2.01. The maximum Gasteiger partial charge on any atom is 0.223 e. The second-order valence-corrected chi connectivity index (χ2v) is 5.23. The Labute approximate surface area is 121 Å². The summed E-state index contributed by atoms with van der Waals surface area (Å²) in [5, 5.41) is 0. The molecule has 0 spiro atoms. The molecule has 0 saturated carbocycles. The van der Waals surface area contributed by atoms with E-state index in [4.69, 9.17) is 10.5 Å². The van der Waals surface area contributed by atoms with E-state index >= 15 is 0 Å². The van der Waals surface area contributed by atoms with Crippen LogP contribution in [0.1, 0.15) is 24.5 Å². The number of hydrogen-bond donors (Lipinski definition) is 1.